The molecule has 2 aliphatic heterocycles. The lowest BCUT2D eigenvalue weighted by Gasteiger charge is -2.33. The number of anilines is 1. The van der Waals surface area contributed by atoms with Gasteiger partial charge in [0.05, 0.1) is 6.61 Å². The van der Waals surface area contributed by atoms with Gasteiger partial charge in [0.15, 0.2) is 5.65 Å². The number of halogens is 2. The van der Waals surface area contributed by atoms with Gasteiger partial charge in [-0.15, -0.1) is 15.3 Å². The number of aromatic nitrogens is 4. The number of alkyl halides is 2. The minimum atomic E-state index is -2.69. The first kappa shape index (κ1) is 16.6. The molecule has 25 heavy (non-hydrogen) atoms. The number of hydrogen-bond donors (Lipinski definition) is 1. The third-order valence-corrected chi connectivity index (χ3v) is 4.96. The van der Waals surface area contributed by atoms with Gasteiger partial charge < -0.3 is 15.0 Å². The fourth-order valence-corrected chi connectivity index (χ4v) is 3.58. The zero-order valence-electron chi connectivity index (χ0n) is 13.9. The summed E-state index contributed by atoms with van der Waals surface area (Å²) in [6.45, 7) is 4.94. The Morgan fingerprint density at radius 2 is 2.04 bits per heavy atom. The van der Waals surface area contributed by atoms with Gasteiger partial charge in [-0.2, -0.15) is 4.52 Å². The number of rotatable bonds is 5. The Bertz CT molecular complexity index is 710. The summed E-state index contributed by atoms with van der Waals surface area (Å²) in [7, 11) is 0. The predicted octanol–water partition coefficient (Wildman–Crippen LogP) is 1.97. The lowest BCUT2D eigenvalue weighted by molar-refractivity contribution is 0.137. The van der Waals surface area contributed by atoms with Crippen molar-refractivity contribution in [2.75, 3.05) is 38.2 Å². The average Bonchev–Trinajstić information content (AvgIpc) is 3.26. The molecule has 0 saturated carbocycles. The molecular weight excluding hydrogens is 330 g/mol. The summed E-state index contributed by atoms with van der Waals surface area (Å²) in [4.78, 5) is 2.49. The van der Waals surface area contributed by atoms with Crippen molar-refractivity contribution in [3.8, 4) is 0 Å². The van der Waals surface area contributed by atoms with Gasteiger partial charge in [-0.3, -0.25) is 0 Å². The van der Waals surface area contributed by atoms with Gasteiger partial charge in [-0.1, -0.05) is 0 Å². The molecule has 1 N–H and O–H groups in total. The molecule has 0 aliphatic carbocycles. The predicted molar refractivity (Wildman–Crippen MR) is 87.7 cm³/mol. The SMILES string of the molecule is FC(F)c1nnc2ccc(NC3CCN(C[C@H]4CCOC4)CC3)nn12. The maximum Gasteiger partial charge on any atom is 0.299 e. The van der Waals surface area contributed by atoms with Crippen molar-refractivity contribution in [3.63, 3.8) is 0 Å². The van der Waals surface area contributed by atoms with Gasteiger partial charge in [0.2, 0.25) is 5.82 Å². The van der Waals surface area contributed by atoms with Crippen LogP contribution in [0, 0.1) is 5.92 Å². The van der Waals surface area contributed by atoms with Crippen molar-refractivity contribution in [1.29, 1.82) is 0 Å². The van der Waals surface area contributed by atoms with Gasteiger partial charge in [0.1, 0.15) is 5.82 Å². The smallest absolute Gasteiger partial charge is 0.299 e. The molecule has 2 fully saturated rings. The quantitative estimate of drug-likeness (QED) is 0.887. The summed E-state index contributed by atoms with van der Waals surface area (Å²) in [5.74, 6) is 0.819. The maximum atomic E-state index is 12.9. The molecule has 7 nitrogen and oxygen atoms in total. The minimum Gasteiger partial charge on any atom is -0.381 e. The van der Waals surface area contributed by atoms with Crippen LogP contribution in [0.1, 0.15) is 31.5 Å². The molecule has 9 heteroatoms. The number of likely N-dealkylation sites (tertiary alicyclic amines) is 1. The summed E-state index contributed by atoms with van der Waals surface area (Å²) < 4.78 is 32.4. The van der Waals surface area contributed by atoms with Crippen LogP contribution < -0.4 is 5.32 Å². The molecule has 1 atom stereocenters. The molecule has 4 rings (SSSR count). The number of nitrogens with zero attached hydrogens (tertiary/aromatic N) is 5. The fourth-order valence-electron chi connectivity index (χ4n) is 3.58. The fraction of sp³-hybridized carbons (Fsp3) is 0.688. The highest BCUT2D eigenvalue weighted by Crippen LogP contribution is 2.21. The van der Waals surface area contributed by atoms with E-state index in [4.69, 9.17) is 4.74 Å². The van der Waals surface area contributed by atoms with E-state index >= 15 is 0 Å². The van der Waals surface area contributed by atoms with Crippen molar-refractivity contribution in [2.45, 2.75) is 31.7 Å². The summed E-state index contributed by atoms with van der Waals surface area (Å²) >= 11 is 0. The van der Waals surface area contributed by atoms with E-state index in [9.17, 15) is 8.78 Å². The maximum absolute atomic E-state index is 12.9. The first-order valence-corrected chi connectivity index (χ1v) is 8.76. The molecule has 0 unspecified atom stereocenters. The third kappa shape index (κ3) is 3.72. The second-order valence-corrected chi connectivity index (χ2v) is 6.80. The largest absolute Gasteiger partial charge is 0.381 e. The Labute approximate surface area is 144 Å². The van der Waals surface area contributed by atoms with Crippen LogP contribution in [0.2, 0.25) is 0 Å². The number of fused-ring (bicyclic) bond motifs is 1. The van der Waals surface area contributed by atoms with Crippen molar-refractivity contribution in [3.05, 3.63) is 18.0 Å². The van der Waals surface area contributed by atoms with Gasteiger partial charge in [-0.05, 0) is 37.3 Å². The Hall–Kier alpha value is -1.87. The van der Waals surface area contributed by atoms with Crippen LogP contribution >= 0.6 is 0 Å². The van der Waals surface area contributed by atoms with Crippen LogP contribution in [0.5, 0.6) is 0 Å². The highest BCUT2D eigenvalue weighted by atomic mass is 19.3. The second-order valence-electron chi connectivity index (χ2n) is 6.80. The van der Waals surface area contributed by atoms with E-state index in [1.807, 2.05) is 0 Å². The summed E-state index contributed by atoms with van der Waals surface area (Å²) in [5, 5.41) is 14.8. The average molecular weight is 352 g/mol. The van der Waals surface area contributed by atoms with Crippen LogP contribution in [0.25, 0.3) is 5.65 Å². The Kier molecular flexibility index (Phi) is 4.76. The van der Waals surface area contributed by atoms with Crippen molar-refractivity contribution in [2.24, 2.45) is 5.92 Å². The molecule has 0 spiro atoms. The number of piperidine rings is 1. The van der Waals surface area contributed by atoms with Gasteiger partial charge >= 0.3 is 0 Å². The molecule has 0 radical (unpaired) electrons. The zero-order chi connectivity index (χ0) is 17.2. The number of nitrogens with one attached hydrogen (secondary N) is 1. The standard InChI is InChI=1S/C16H22F2N6O/c17-15(18)16-21-20-14-2-1-13(22-24(14)16)19-12-3-6-23(7-4-12)9-11-5-8-25-10-11/h1-2,11-12,15H,3-10H2,(H,19,22)/t11-/m1/s1. The molecule has 2 aromatic heterocycles. The lowest BCUT2D eigenvalue weighted by Crippen LogP contribution is -2.41. The molecule has 136 valence electrons. The molecule has 2 aliphatic rings. The molecule has 0 bridgehead atoms. The van der Waals surface area contributed by atoms with Gasteiger partial charge in [-0.25, -0.2) is 8.78 Å². The number of hydrogen-bond acceptors (Lipinski definition) is 6. The van der Waals surface area contributed by atoms with E-state index in [2.05, 4.69) is 25.5 Å². The zero-order valence-corrected chi connectivity index (χ0v) is 13.9. The molecule has 0 amide bonds. The monoisotopic (exact) mass is 352 g/mol. The van der Waals surface area contributed by atoms with E-state index in [1.54, 1.807) is 12.1 Å². The minimum absolute atomic E-state index is 0.299. The van der Waals surface area contributed by atoms with Gasteiger partial charge in [0.25, 0.3) is 6.43 Å². The Morgan fingerprint density at radius 3 is 2.76 bits per heavy atom. The second kappa shape index (κ2) is 7.17. The topological polar surface area (TPSA) is 67.6 Å². The molecule has 2 saturated heterocycles. The molecule has 4 heterocycles. The van der Waals surface area contributed by atoms with Crippen LogP contribution in [0.15, 0.2) is 12.1 Å². The normalized spacial score (nSPS) is 22.9. The van der Waals surface area contributed by atoms with Gasteiger partial charge in [0, 0.05) is 32.3 Å². The summed E-state index contributed by atoms with van der Waals surface area (Å²) in [6.07, 6.45) is 0.488. The van der Waals surface area contributed by atoms with E-state index in [0.29, 0.717) is 23.4 Å². The van der Waals surface area contributed by atoms with Crippen molar-refractivity contribution in [1.82, 2.24) is 24.7 Å². The van der Waals surface area contributed by atoms with Crippen LogP contribution in [-0.4, -0.2) is 63.6 Å². The highest BCUT2D eigenvalue weighted by molar-refractivity contribution is 5.44. The van der Waals surface area contributed by atoms with Crippen LogP contribution in [0.4, 0.5) is 14.6 Å². The molecular formula is C16H22F2N6O. The number of ether oxygens (including phenoxy) is 1. The molecule has 2 aromatic rings. The third-order valence-electron chi connectivity index (χ3n) is 4.96. The van der Waals surface area contributed by atoms with E-state index in [0.717, 1.165) is 56.6 Å². The first-order chi connectivity index (χ1) is 12.2. The van der Waals surface area contributed by atoms with E-state index in [-0.39, 0.29) is 0 Å². The summed E-state index contributed by atoms with van der Waals surface area (Å²) in [5.41, 5.74) is 0.328. The van der Waals surface area contributed by atoms with Crippen LogP contribution in [0.3, 0.4) is 0 Å². The first-order valence-electron chi connectivity index (χ1n) is 8.76. The highest BCUT2D eigenvalue weighted by Gasteiger charge is 2.24. The van der Waals surface area contributed by atoms with E-state index in [1.165, 1.54) is 0 Å². The van der Waals surface area contributed by atoms with Crippen molar-refractivity contribution >= 4 is 11.5 Å². The Morgan fingerprint density at radius 1 is 1.20 bits per heavy atom. The molecule has 0 aromatic carbocycles. The lowest BCUT2D eigenvalue weighted by atomic mass is 10.0. The Balaban J connectivity index is 1.35. The summed E-state index contributed by atoms with van der Waals surface area (Å²) in [6, 6.07) is 3.72. The van der Waals surface area contributed by atoms with Crippen molar-refractivity contribution < 1.29 is 13.5 Å². The van der Waals surface area contributed by atoms with Crippen LogP contribution in [-0.2, 0) is 4.74 Å². The van der Waals surface area contributed by atoms with E-state index < -0.39 is 12.2 Å².